The Bertz CT molecular complexity index is 1890. The number of imidazole rings is 1. The van der Waals surface area contributed by atoms with Crippen molar-refractivity contribution < 1.29 is 28.7 Å². The van der Waals surface area contributed by atoms with Gasteiger partial charge in [0.05, 0.1) is 18.8 Å². The lowest BCUT2D eigenvalue weighted by Crippen LogP contribution is -2.49. The molecule has 49 heavy (non-hydrogen) atoms. The first kappa shape index (κ1) is 36.4. The fraction of sp³-hybridized carbons (Fsp3) is 0.485. The van der Waals surface area contributed by atoms with Crippen LogP contribution >= 0.6 is 0 Å². The van der Waals surface area contributed by atoms with Crippen LogP contribution in [-0.2, 0) is 29.6 Å². The molecule has 3 aromatic rings. The maximum Gasteiger partial charge on any atom is 0.415 e. The molecule has 4 amide bonds. The Balaban J connectivity index is 1.71. The third-order valence-corrected chi connectivity index (χ3v) is 7.59. The third kappa shape index (κ3) is 8.94. The number of imide groups is 1. The number of ketones is 1. The maximum atomic E-state index is 14.1. The quantitative estimate of drug-likeness (QED) is 0.223. The second-order valence-corrected chi connectivity index (χ2v) is 12.9. The van der Waals surface area contributed by atoms with Gasteiger partial charge in [-0.1, -0.05) is 23.8 Å². The van der Waals surface area contributed by atoms with E-state index in [9.17, 15) is 28.8 Å². The summed E-state index contributed by atoms with van der Waals surface area (Å²) < 4.78 is 13.9. The van der Waals surface area contributed by atoms with Crippen molar-refractivity contribution in [1.82, 2.24) is 29.3 Å². The monoisotopic (exact) mass is 680 g/mol. The van der Waals surface area contributed by atoms with E-state index in [1.54, 1.807) is 44.4 Å². The number of hydrogen-bond acceptors (Lipinski definition) is 10. The van der Waals surface area contributed by atoms with E-state index >= 15 is 0 Å². The zero-order valence-corrected chi connectivity index (χ0v) is 28.9. The second kappa shape index (κ2) is 15.2. The normalized spacial score (nSPS) is 14.6. The molecular weight excluding hydrogens is 636 g/mol. The van der Waals surface area contributed by atoms with Crippen LogP contribution in [0.2, 0.25) is 0 Å². The fourth-order valence-electron chi connectivity index (χ4n) is 5.42. The number of rotatable bonds is 9. The summed E-state index contributed by atoms with van der Waals surface area (Å²) in [4.78, 5) is 84.5. The number of alkyl carbamates (subject to hydrolysis) is 2. The number of Topliss-reactive ketones (excluding diaryl/α,β-unsaturated/α-hetero) is 1. The standard InChI is InChI=1S/C33H44N8O8/c1-8-48-30(45)37-28(44)35-23-14-10-9-13-22(23)24(42)19-41-27(43)25-26(38(7)32(41)47)36-29(40(25)17-15-20(2)3)39-16-11-12-21(18-39)34-31(46)49-33(4,5)6/h9-10,13-15,21H,8,11-12,16-19H2,1-7H3,(H,34,46)(H2,35,37,44,45). The van der Waals surface area contributed by atoms with Crippen molar-refractivity contribution in [2.24, 2.45) is 7.05 Å². The Morgan fingerprint density at radius 1 is 1.06 bits per heavy atom. The van der Waals surface area contributed by atoms with Crippen molar-refractivity contribution in [1.29, 1.82) is 0 Å². The largest absolute Gasteiger partial charge is 0.450 e. The van der Waals surface area contributed by atoms with Gasteiger partial charge in [-0.25, -0.2) is 24.5 Å². The van der Waals surface area contributed by atoms with Crippen LogP contribution in [0.5, 0.6) is 0 Å². The van der Waals surface area contributed by atoms with Crippen molar-refractivity contribution in [3.63, 3.8) is 0 Å². The molecule has 0 bridgehead atoms. The van der Waals surface area contributed by atoms with Crippen molar-refractivity contribution >= 4 is 46.8 Å². The van der Waals surface area contributed by atoms with Gasteiger partial charge in [0, 0.05) is 38.3 Å². The number of para-hydroxylation sites is 1. The molecule has 3 heterocycles. The van der Waals surface area contributed by atoms with Crippen LogP contribution < -0.4 is 32.1 Å². The lowest BCUT2D eigenvalue weighted by atomic mass is 10.1. The predicted octanol–water partition coefficient (Wildman–Crippen LogP) is 3.52. The Morgan fingerprint density at radius 3 is 2.45 bits per heavy atom. The molecule has 0 radical (unpaired) electrons. The van der Waals surface area contributed by atoms with Gasteiger partial charge >= 0.3 is 23.9 Å². The van der Waals surface area contributed by atoms with Gasteiger partial charge in [0.15, 0.2) is 16.9 Å². The number of urea groups is 1. The first-order valence-electron chi connectivity index (χ1n) is 16.0. The molecule has 16 nitrogen and oxygen atoms in total. The third-order valence-electron chi connectivity index (χ3n) is 7.59. The van der Waals surface area contributed by atoms with Crippen LogP contribution in [0.25, 0.3) is 11.2 Å². The van der Waals surface area contributed by atoms with E-state index in [1.165, 1.54) is 23.7 Å². The molecule has 1 atom stereocenters. The molecule has 1 aliphatic rings. The van der Waals surface area contributed by atoms with Gasteiger partial charge in [-0.3, -0.25) is 18.7 Å². The SMILES string of the molecule is CCOC(=O)NC(=O)Nc1ccccc1C(=O)Cn1c(=O)c2c(nc(N3CCCC(NC(=O)OC(C)(C)C)C3)n2CC=C(C)C)n(C)c1=O. The summed E-state index contributed by atoms with van der Waals surface area (Å²) in [5, 5.41) is 7.35. The van der Waals surface area contributed by atoms with E-state index in [0.29, 0.717) is 19.0 Å². The van der Waals surface area contributed by atoms with E-state index < -0.39 is 47.4 Å². The van der Waals surface area contributed by atoms with Gasteiger partial charge in [-0.2, -0.15) is 4.98 Å². The summed E-state index contributed by atoms with van der Waals surface area (Å²) in [7, 11) is 1.48. The van der Waals surface area contributed by atoms with Crippen molar-refractivity contribution in [3.05, 3.63) is 62.3 Å². The summed E-state index contributed by atoms with van der Waals surface area (Å²) in [5.74, 6) is -0.185. The Morgan fingerprint density at radius 2 is 1.78 bits per heavy atom. The molecule has 1 aliphatic heterocycles. The molecule has 0 aliphatic carbocycles. The van der Waals surface area contributed by atoms with E-state index in [1.807, 2.05) is 30.1 Å². The number of nitrogens with zero attached hydrogens (tertiary/aromatic N) is 5. The highest BCUT2D eigenvalue weighted by Crippen LogP contribution is 2.24. The molecule has 1 aromatic carbocycles. The molecule has 0 saturated carbocycles. The van der Waals surface area contributed by atoms with E-state index in [2.05, 4.69) is 10.6 Å². The number of amides is 4. The predicted molar refractivity (Wildman–Crippen MR) is 183 cm³/mol. The van der Waals surface area contributed by atoms with Crippen LogP contribution in [0, 0.1) is 0 Å². The van der Waals surface area contributed by atoms with Crippen LogP contribution in [0.4, 0.5) is 26.0 Å². The number of benzene rings is 1. The molecule has 0 spiro atoms. The summed E-state index contributed by atoms with van der Waals surface area (Å²) in [5.41, 5.74) is -0.758. The van der Waals surface area contributed by atoms with Gasteiger partial charge in [0.2, 0.25) is 5.95 Å². The van der Waals surface area contributed by atoms with Crippen LogP contribution in [0.3, 0.4) is 0 Å². The maximum absolute atomic E-state index is 14.1. The minimum atomic E-state index is -0.962. The number of aryl methyl sites for hydroxylation is 1. The topological polar surface area (TPSA) is 188 Å². The van der Waals surface area contributed by atoms with Crippen molar-refractivity contribution in [3.8, 4) is 0 Å². The van der Waals surface area contributed by atoms with E-state index in [-0.39, 0.29) is 41.6 Å². The van der Waals surface area contributed by atoms with E-state index in [4.69, 9.17) is 14.5 Å². The minimum absolute atomic E-state index is 0.0196. The molecule has 1 saturated heterocycles. The molecule has 3 N–H and O–H groups in total. The number of carbonyl (C=O) groups excluding carboxylic acids is 4. The molecule has 16 heteroatoms. The average Bonchev–Trinajstić information content (AvgIpc) is 3.40. The number of allylic oxidation sites excluding steroid dienone is 2. The van der Waals surface area contributed by atoms with Gasteiger partial charge in [0.25, 0.3) is 5.56 Å². The zero-order chi connectivity index (χ0) is 36.0. The highest BCUT2D eigenvalue weighted by atomic mass is 16.6. The molecular formula is C33H44N8O8. The molecule has 4 rings (SSSR count). The number of fused-ring (bicyclic) bond motifs is 1. The fourth-order valence-corrected chi connectivity index (χ4v) is 5.42. The number of piperidine rings is 1. The summed E-state index contributed by atoms with van der Waals surface area (Å²) in [6.45, 7) is 11.5. The summed E-state index contributed by atoms with van der Waals surface area (Å²) in [6, 6.07) is 4.86. The van der Waals surface area contributed by atoms with Gasteiger partial charge in [-0.15, -0.1) is 0 Å². The summed E-state index contributed by atoms with van der Waals surface area (Å²) in [6.07, 6.45) is 1.89. The van der Waals surface area contributed by atoms with Crippen LogP contribution in [0.1, 0.15) is 64.7 Å². The molecule has 1 fully saturated rings. The second-order valence-electron chi connectivity index (χ2n) is 12.9. The van der Waals surface area contributed by atoms with Gasteiger partial charge in [0.1, 0.15) is 5.60 Å². The number of aromatic nitrogens is 4. The van der Waals surface area contributed by atoms with Crippen LogP contribution in [0.15, 0.2) is 45.5 Å². The highest BCUT2D eigenvalue weighted by Gasteiger charge is 2.29. The van der Waals surface area contributed by atoms with Crippen LogP contribution in [-0.4, -0.2) is 74.0 Å². The average molecular weight is 681 g/mol. The smallest absolute Gasteiger partial charge is 0.415 e. The molecule has 2 aromatic heterocycles. The number of carbonyl (C=O) groups is 4. The number of nitrogens with one attached hydrogen (secondary N) is 3. The first-order valence-corrected chi connectivity index (χ1v) is 16.0. The van der Waals surface area contributed by atoms with E-state index in [0.717, 1.165) is 23.0 Å². The number of hydrogen-bond donors (Lipinski definition) is 3. The Hall–Kier alpha value is -5.41. The Labute approximate surface area is 283 Å². The van der Waals surface area contributed by atoms with Crippen molar-refractivity contribution in [2.45, 2.75) is 79.1 Å². The highest BCUT2D eigenvalue weighted by molar-refractivity contribution is 6.06. The summed E-state index contributed by atoms with van der Waals surface area (Å²) >= 11 is 0. The molecule has 264 valence electrons. The lowest BCUT2D eigenvalue weighted by Gasteiger charge is -2.34. The van der Waals surface area contributed by atoms with Gasteiger partial charge < -0.3 is 29.6 Å². The lowest BCUT2D eigenvalue weighted by molar-refractivity contribution is 0.0499. The number of anilines is 2. The zero-order valence-electron chi connectivity index (χ0n) is 28.9. The minimum Gasteiger partial charge on any atom is -0.450 e. The molecule has 1 unspecified atom stereocenters. The Kier molecular flexibility index (Phi) is 11.3. The van der Waals surface area contributed by atoms with Gasteiger partial charge in [-0.05, 0) is 66.5 Å². The van der Waals surface area contributed by atoms with Crippen molar-refractivity contribution in [2.75, 3.05) is 29.9 Å². The first-order chi connectivity index (χ1) is 23.1. The number of ether oxygens (including phenoxy) is 2.